The van der Waals surface area contributed by atoms with Crippen molar-refractivity contribution in [2.75, 3.05) is 0 Å². The minimum absolute atomic E-state index is 0.00754. The van der Waals surface area contributed by atoms with Crippen molar-refractivity contribution in [3.8, 4) is 16.9 Å². The van der Waals surface area contributed by atoms with Crippen molar-refractivity contribution in [3.63, 3.8) is 0 Å². The average molecular weight is 451 g/mol. The number of nitrogens with one attached hydrogen (secondary N) is 2. The van der Waals surface area contributed by atoms with Gasteiger partial charge in [-0.15, -0.1) is 12.6 Å². The number of carbonyl (C=O) groups excluding carboxylic acids is 2. The van der Waals surface area contributed by atoms with Crippen molar-refractivity contribution in [3.05, 3.63) is 94.5 Å². The van der Waals surface area contributed by atoms with Crippen LogP contribution >= 0.6 is 24.2 Å². The Morgan fingerprint density at radius 3 is 2.26 bits per heavy atom. The van der Waals surface area contributed by atoms with Crippen LogP contribution in [-0.4, -0.2) is 17.3 Å². The van der Waals surface area contributed by atoms with Gasteiger partial charge in [0.1, 0.15) is 23.4 Å². The zero-order valence-corrected chi connectivity index (χ0v) is 18.0. The Morgan fingerprint density at radius 2 is 1.58 bits per heavy atom. The summed E-state index contributed by atoms with van der Waals surface area (Å²) in [7, 11) is 0. The van der Waals surface area contributed by atoms with Crippen molar-refractivity contribution in [2.24, 2.45) is 0 Å². The molecule has 3 aromatic carbocycles. The first-order chi connectivity index (χ1) is 15.0. The van der Waals surface area contributed by atoms with Gasteiger partial charge in [0.25, 0.3) is 11.8 Å². The van der Waals surface area contributed by atoms with E-state index in [0.29, 0.717) is 22.9 Å². The molecule has 1 aliphatic rings. The largest absolute Gasteiger partial charge is 0.488 e. The lowest BCUT2D eigenvalue weighted by Crippen LogP contribution is -2.52. The van der Waals surface area contributed by atoms with E-state index in [9.17, 15) is 9.59 Å². The number of hydrogen-bond acceptors (Lipinski definition) is 4. The van der Waals surface area contributed by atoms with E-state index in [1.165, 1.54) is 6.08 Å². The Labute approximate surface area is 190 Å². The molecule has 0 atom stereocenters. The van der Waals surface area contributed by atoms with Crippen molar-refractivity contribution in [2.45, 2.75) is 12.1 Å². The number of halogens is 1. The highest BCUT2D eigenvalue weighted by atomic mass is 35.5. The van der Waals surface area contributed by atoms with E-state index in [1.54, 1.807) is 12.1 Å². The molecule has 0 spiro atoms. The number of amides is 2. The number of thiol groups is 1. The molecule has 156 valence electrons. The second-order valence-corrected chi connectivity index (χ2v) is 7.89. The van der Waals surface area contributed by atoms with Crippen LogP contribution in [0, 0.1) is 0 Å². The van der Waals surface area contributed by atoms with Gasteiger partial charge in [0.05, 0.1) is 0 Å². The Hall–Kier alpha value is -3.22. The number of carbonyl (C=O) groups is 2. The molecule has 1 heterocycles. The van der Waals surface area contributed by atoms with Crippen molar-refractivity contribution in [1.29, 1.82) is 0 Å². The minimum Gasteiger partial charge on any atom is -0.488 e. The molecule has 4 rings (SSSR count). The first kappa shape index (κ1) is 21.0. The summed E-state index contributed by atoms with van der Waals surface area (Å²) < 4.78 is 6.02. The van der Waals surface area contributed by atoms with E-state index < -0.39 is 17.3 Å². The highest BCUT2D eigenvalue weighted by molar-refractivity contribution is 7.80. The summed E-state index contributed by atoms with van der Waals surface area (Å²) in [6.45, 7) is 0.315. The van der Waals surface area contributed by atoms with E-state index in [1.807, 2.05) is 60.7 Å². The molecule has 1 saturated heterocycles. The van der Waals surface area contributed by atoms with Gasteiger partial charge in [0, 0.05) is 10.6 Å². The lowest BCUT2D eigenvalue weighted by Gasteiger charge is -2.22. The maximum atomic E-state index is 12.4. The summed E-state index contributed by atoms with van der Waals surface area (Å²) in [4.78, 5) is 24.7. The molecule has 1 aliphatic heterocycles. The zero-order chi connectivity index (χ0) is 21.8. The molecule has 2 N–H and O–H groups in total. The van der Waals surface area contributed by atoms with Crippen LogP contribution in [0.3, 0.4) is 0 Å². The van der Waals surface area contributed by atoms with Gasteiger partial charge in [-0.1, -0.05) is 60.1 Å². The third-order valence-electron chi connectivity index (χ3n) is 4.75. The summed E-state index contributed by atoms with van der Waals surface area (Å²) in [5.41, 5.74) is 2.80. The molecule has 7 heteroatoms. The van der Waals surface area contributed by atoms with Gasteiger partial charge in [-0.2, -0.15) is 0 Å². The number of rotatable bonds is 5. The number of ether oxygens (including phenoxy) is 1. The van der Waals surface area contributed by atoms with Crippen LogP contribution in [0.1, 0.15) is 11.1 Å². The Morgan fingerprint density at radius 1 is 0.903 bits per heavy atom. The van der Waals surface area contributed by atoms with Gasteiger partial charge in [0.2, 0.25) is 0 Å². The van der Waals surface area contributed by atoms with Crippen LogP contribution in [0.25, 0.3) is 17.2 Å². The molecule has 3 aromatic rings. The minimum atomic E-state index is -0.714. The van der Waals surface area contributed by atoms with Gasteiger partial charge in [-0.25, -0.2) is 0 Å². The van der Waals surface area contributed by atoms with Crippen LogP contribution in [0.4, 0.5) is 0 Å². The van der Waals surface area contributed by atoms with Crippen molar-refractivity contribution in [1.82, 2.24) is 10.6 Å². The van der Waals surface area contributed by atoms with Gasteiger partial charge in [-0.05, 0) is 47.0 Å². The number of benzene rings is 3. The van der Waals surface area contributed by atoms with E-state index in [0.717, 1.165) is 16.7 Å². The molecule has 2 amide bonds. The number of hydrogen-bond donors (Lipinski definition) is 3. The Bertz CT molecular complexity index is 1130. The standard InChI is InChI=1S/C24H19ClN2O3S/c25-19-9-6-15(7-10-19)14-30-21-11-8-17(16-4-2-1-3-5-16)12-18(21)13-20-22(28)26-24(31)27-23(20)29/h1-13,24,31H,14H2,(H,26,28)(H,27,29). The predicted molar refractivity (Wildman–Crippen MR) is 125 cm³/mol. The molecule has 0 unspecified atom stereocenters. The summed E-state index contributed by atoms with van der Waals surface area (Å²) in [6, 6.07) is 22.9. The Balaban J connectivity index is 1.70. The lowest BCUT2D eigenvalue weighted by molar-refractivity contribution is -0.126. The molecular formula is C24H19ClN2O3S. The summed E-state index contributed by atoms with van der Waals surface area (Å²) >= 11 is 10.0. The maximum absolute atomic E-state index is 12.4. The fourth-order valence-electron chi connectivity index (χ4n) is 3.17. The molecule has 0 aromatic heterocycles. The third kappa shape index (κ3) is 5.10. The molecule has 5 nitrogen and oxygen atoms in total. The van der Waals surface area contributed by atoms with Crippen LogP contribution in [-0.2, 0) is 16.2 Å². The topological polar surface area (TPSA) is 67.4 Å². The fraction of sp³-hybridized carbons (Fsp3) is 0.0833. The third-order valence-corrected chi connectivity index (χ3v) is 5.26. The zero-order valence-electron chi connectivity index (χ0n) is 16.3. The van der Waals surface area contributed by atoms with E-state index in [-0.39, 0.29) is 5.57 Å². The van der Waals surface area contributed by atoms with E-state index in [4.69, 9.17) is 16.3 Å². The van der Waals surface area contributed by atoms with Crippen LogP contribution < -0.4 is 15.4 Å². The van der Waals surface area contributed by atoms with Gasteiger partial charge >= 0.3 is 0 Å². The van der Waals surface area contributed by atoms with E-state index in [2.05, 4.69) is 23.3 Å². The second kappa shape index (κ2) is 9.29. The average Bonchev–Trinajstić information content (AvgIpc) is 2.77. The highest BCUT2D eigenvalue weighted by Gasteiger charge is 2.27. The predicted octanol–water partition coefficient (Wildman–Crippen LogP) is 4.43. The van der Waals surface area contributed by atoms with Crippen molar-refractivity contribution < 1.29 is 14.3 Å². The maximum Gasteiger partial charge on any atom is 0.259 e. The first-order valence-corrected chi connectivity index (χ1v) is 10.5. The summed E-state index contributed by atoms with van der Waals surface area (Å²) in [6.07, 6.45) is 1.54. The summed E-state index contributed by atoms with van der Waals surface area (Å²) in [5, 5.41) is 5.81. The summed E-state index contributed by atoms with van der Waals surface area (Å²) in [5.74, 6) is -0.425. The van der Waals surface area contributed by atoms with Crippen LogP contribution in [0.5, 0.6) is 5.75 Å². The molecule has 0 bridgehead atoms. The fourth-order valence-corrected chi connectivity index (χ4v) is 3.53. The van der Waals surface area contributed by atoms with Gasteiger partial charge in [-0.3, -0.25) is 9.59 Å². The molecule has 0 aliphatic carbocycles. The monoisotopic (exact) mass is 450 g/mol. The molecule has 0 saturated carbocycles. The van der Waals surface area contributed by atoms with E-state index >= 15 is 0 Å². The highest BCUT2D eigenvalue weighted by Crippen LogP contribution is 2.29. The quantitative estimate of drug-likeness (QED) is 0.306. The molecule has 0 radical (unpaired) electrons. The first-order valence-electron chi connectivity index (χ1n) is 9.58. The normalized spacial score (nSPS) is 15.8. The van der Waals surface area contributed by atoms with Crippen molar-refractivity contribution >= 4 is 42.1 Å². The second-order valence-electron chi connectivity index (χ2n) is 6.94. The Kier molecular flexibility index (Phi) is 6.30. The van der Waals surface area contributed by atoms with Crippen LogP contribution in [0.2, 0.25) is 5.02 Å². The smallest absolute Gasteiger partial charge is 0.259 e. The molecular weight excluding hydrogens is 432 g/mol. The molecule has 31 heavy (non-hydrogen) atoms. The van der Waals surface area contributed by atoms with Gasteiger partial charge < -0.3 is 15.4 Å². The SMILES string of the molecule is O=C1NC(S)NC(=O)C1=Cc1cc(-c2ccccc2)ccc1OCc1ccc(Cl)cc1. The lowest BCUT2D eigenvalue weighted by atomic mass is 10.0. The van der Waals surface area contributed by atoms with Crippen LogP contribution in [0.15, 0.2) is 78.4 Å². The molecule has 1 fully saturated rings. The van der Waals surface area contributed by atoms with Gasteiger partial charge in [0.15, 0.2) is 0 Å².